The lowest BCUT2D eigenvalue weighted by Crippen LogP contribution is -2.47. The Labute approximate surface area is 108 Å². The molecule has 1 aliphatic heterocycles. The topological polar surface area (TPSA) is 69.6 Å². The number of nitrogens with zero attached hydrogens (tertiary/aromatic N) is 1. The molecule has 2 unspecified atom stereocenters. The number of hydrogen-bond donors (Lipinski definition) is 2. The van der Waals surface area contributed by atoms with Crippen LogP contribution in [0.3, 0.4) is 0 Å². The summed E-state index contributed by atoms with van der Waals surface area (Å²) < 4.78 is 0. The van der Waals surface area contributed by atoms with Crippen molar-refractivity contribution in [3.8, 4) is 0 Å². The molecule has 0 spiro atoms. The summed E-state index contributed by atoms with van der Waals surface area (Å²) >= 11 is 0. The van der Waals surface area contributed by atoms with Crippen molar-refractivity contribution in [2.45, 2.75) is 45.7 Å². The Bertz CT molecular complexity index is 376. The Balaban J connectivity index is 2.61. The normalized spacial score (nSPS) is 26.4. The Morgan fingerprint density at radius 3 is 2.39 bits per heavy atom. The van der Waals surface area contributed by atoms with Crippen LogP contribution < -0.4 is 5.32 Å². The number of carboxylic acids is 1. The van der Waals surface area contributed by atoms with Crippen molar-refractivity contribution in [3.63, 3.8) is 0 Å². The molecular weight excluding hydrogens is 232 g/mol. The number of carbonyl (C=O) groups is 2. The van der Waals surface area contributed by atoms with Crippen LogP contribution in [0.4, 0.5) is 0 Å². The predicted molar refractivity (Wildman–Crippen MR) is 69.3 cm³/mol. The second-order valence-electron chi connectivity index (χ2n) is 5.08. The van der Waals surface area contributed by atoms with Crippen molar-refractivity contribution >= 4 is 11.9 Å². The monoisotopic (exact) mass is 254 g/mol. The first-order chi connectivity index (χ1) is 8.32. The molecule has 0 aromatic carbocycles. The fourth-order valence-electron chi connectivity index (χ4n) is 2.04. The Kier molecular flexibility index (Phi) is 4.90. The molecule has 0 saturated carbocycles. The number of hydrogen-bond acceptors (Lipinski definition) is 3. The molecule has 1 aliphatic rings. The minimum absolute atomic E-state index is 0.105. The van der Waals surface area contributed by atoms with E-state index >= 15 is 0 Å². The summed E-state index contributed by atoms with van der Waals surface area (Å²) in [6.07, 6.45) is 1.81. The molecule has 5 nitrogen and oxygen atoms in total. The quantitative estimate of drug-likeness (QED) is 0.737. The lowest BCUT2D eigenvalue weighted by molar-refractivity contribution is -0.133. The molecule has 0 bridgehead atoms. The molecule has 1 rings (SSSR count). The number of nitrogens with one attached hydrogen (secondary N) is 1. The van der Waals surface area contributed by atoms with Gasteiger partial charge in [0.15, 0.2) is 0 Å². The number of carbonyl (C=O) groups excluding carboxylic acids is 1. The van der Waals surface area contributed by atoms with Crippen molar-refractivity contribution in [2.24, 2.45) is 0 Å². The first kappa shape index (κ1) is 14.7. The third-order valence-corrected chi connectivity index (χ3v) is 3.77. The first-order valence-corrected chi connectivity index (χ1v) is 6.24. The summed E-state index contributed by atoms with van der Waals surface area (Å²) in [7, 11) is 2.07. The van der Waals surface area contributed by atoms with Crippen LogP contribution in [-0.4, -0.2) is 47.6 Å². The van der Waals surface area contributed by atoms with Crippen LogP contribution in [0.25, 0.3) is 0 Å². The van der Waals surface area contributed by atoms with Gasteiger partial charge in [0, 0.05) is 29.8 Å². The molecule has 1 heterocycles. The van der Waals surface area contributed by atoms with Gasteiger partial charge in [-0.15, -0.1) is 0 Å². The zero-order valence-corrected chi connectivity index (χ0v) is 11.5. The fraction of sp³-hybridized carbons (Fsp3) is 0.692. The highest BCUT2D eigenvalue weighted by atomic mass is 16.4. The van der Waals surface area contributed by atoms with Gasteiger partial charge in [-0.2, -0.15) is 0 Å². The van der Waals surface area contributed by atoms with Crippen LogP contribution in [0.15, 0.2) is 11.1 Å². The van der Waals surface area contributed by atoms with Gasteiger partial charge in [0.2, 0.25) is 5.91 Å². The minimum Gasteiger partial charge on any atom is -0.478 e. The standard InChI is InChI=1S/C13H22N2O3/c1-8-7-11(5-6-15(8)4)14-12(16)9(2)10(3)13(17)18/h8,11H,5-7H2,1-4H3,(H,14,16)(H,17,18). The lowest BCUT2D eigenvalue weighted by Gasteiger charge is -2.35. The van der Waals surface area contributed by atoms with Gasteiger partial charge in [-0.25, -0.2) is 4.79 Å². The van der Waals surface area contributed by atoms with E-state index in [1.54, 1.807) is 6.92 Å². The predicted octanol–water partition coefficient (Wildman–Crippen LogP) is 1.01. The Hall–Kier alpha value is -1.36. The largest absolute Gasteiger partial charge is 0.478 e. The fourth-order valence-corrected chi connectivity index (χ4v) is 2.04. The van der Waals surface area contributed by atoms with Gasteiger partial charge in [0.05, 0.1) is 0 Å². The van der Waals surface area contributed by atoms with Crippen molar-refractivity contribution in [2.75, 3.05) is 13.6 Å². The zero-order chi connectivity index (χ0) is 13.9. The van der Waals surface area contributed by atoms with Crippen LogP contribution in [0.1, 0.15) is 33.6 Å². The van der Waals surface area contributed by atoms with Crippen LogP contribution in [0, 0.1) is 0 Å². The molecular formula is C13H22N2O3. The van der Waals surface area contributed by atoms with E-state index < -0.39 is 5.97 Å². The molecule has 1 fully saturated rings. The molecule has 102 valence electrons. The number of carboxylic acid groups (broad SMARTS) is 1. The number of piperidine rings is 1. The number of likely N-dealkylation sites (tertiary alicyclic amines) is 1. The van der Waals surface area contributed by atoms with E-state index in [2.05, 4.69) is 24.2 Å². The molecule has 0 radical (unpaired) electrons. The van der Waals surface area contributed by atoms with E-state index in [9.17, 15) is 9.59 Å². The van der Waals surface area contributed by atoms with Crippen LogP contribution in [0.5, 0.6) is 0 Å². The summed E-state index contributed by atoms with van der Waals surface area (Å²) in [5, 5.41) is 11.8. The zero-order valence-electron chi connectivity index (χ0n) is 11.5. The maximum atomic E-state index is 11.9. The van der Waals surface area contributed by atoms with Crippen molar-refractivity contribution in [1.82, 2.24) is 10.2 Å². The van der Waals surface area contributed by atoms with Crippen molar-refractivity contribution < 1.29 is 14.7 Å². The van der Waals surface area contributed by atoms with E-state index in [0.29, 0.717) is 6.04 Å². The second kappa shape index (κ2) is 6.00. The molecule has 0 aliphatic carbocycles. The minimum atomic E-state index is -1.04. The highest BCUT2D eigenvalue weighted by molar-refractivity contribution is 6.01. The average molecular weight is 254 g/mol. The lowest BCUT2D eigenvalue weighted by atomic mass is 9.98. The SMILES string of the molecule is CC(C(=O)O)=C(C)C(=O)NC1CCN(C)C(C)C1. The number of amides is 1. The molecule has 0 aromatic heterocycles. The summed E-state index contributed by atoms with van der Waals surface area (Å²) in [6.45, 7) is 6.09. The van der Waals surface area contributed by atoms with E-state index in [1.165, 1.54) is 6.92 Å². The van der Waals surface area contributed by atoms with E-state index in [0.717, 1.165) is 19.4 Å². The molecule has 5 heteroatoms. The van der Waals surface area contributed by atoms with Crippen molar-refractivity contribution in [3.05, 3.63) is 11.1 Å². The molecule has 2 N–H and O–H groups in total. The van der Waals surface area contributed by atoms with Crippen molar-refractivity contribution in [1.29, 1.82) is 0 Å². The third-order valence-electron chi connectivity index (χ3n) is 3.77. The molecule has 0 aromatic rings. The van der Waals surface area contributed by atoms with Gasteiger partial charge in [0.25, 0.3) is 0 Å². The van der Waals surface area contributed by atoms with E-state index in [-0.39, 0.29) is 23.1 Å². The Morgan fingerprint density at radius 1 is 1.28 bits per heavy atom. The van der Waals surface area contributed by atoms with Gasteiger partial charge in [0.1, 0.15) is 0 Å². The van der Waals surface area contributed by atoms with Crippen LogP contribution >= 0.6 is 0 Å². The highest BCUT2D eigenvalue weighted by Gasteiger charge is 2.24. The maximum Gasteiger partial charge on any atom is 0.331 e. The summed E-state index contributed by atoms with van der Waals surface area (Å²) in [6, 6.07) is 0.578. The van der Waals surface area contributed by atoms with E-state index in [4.69, 9.17) is 5.11 Å². The van der Waals surface area contributed by atoms with Gasteiger partial charge < -0.3 is 15.3 Å². The molecule has 18 heavy (non-hydrogen) atoms. The second-order valence-corrected chi connectivity index (χ2v) is 5.08. The smallest absolute Gasteiger partial charge is 0.331 e. The molecule has 2 atom stereocenters. The number of rotatable bonds is 3. The van der Waals surface area contributed by atoms with Gasteiger partial charge in [-0.1, -0.05) is 0 Å². The third kappa shape index (κ3) is 3.57. The van der Waals surface area contributed by atoms with E-state index in [1.807, 2.05) is 0 Å². The van der Waals surface area contributed by atoms with Gasteiger partial charge in [-0.3, -0.25) is 4.79 Å². The average Bonchev–Trinajstić information content (AvgIpc) is 2.31. The van der Waals surface area contributed by atoms with Gasteiger partial charge in [-0.05, 0) is 40.7 Å². The highest BCUT2D eigenvalue weighted by Crippen LogP contribution is 2.16. The first-order valence-electron chi connectivity index (χ1n) is 6.24. The van der Waals surface area contributed by atoms with Crippen LogP contribution in [0.2, 0.25) is 0 Å². The van der Waals surface area contributed by atoms with Crippen LogP contribution in [-0.2, 0) is 9.59 Å². The molecule has 1 saturated heterocycles. The Morgan fingerprint density at radius 2 is 1.89 bits per heavy atom. The molecule has 1 amide bonds. The summed E-state index contributed by atoms with van der Waals surface area (Å²) in [4.78, 5) is 24.9. The summed E-state index contributed by atoms with van der Waals surface area (Å²) in [5.74, 6) is -1.31. The maximum absolute atomic E-state index is 11.9. The number of aliphatic carboxylic acids is 1. The van der Waals surface area contributed by atoms with Gasteiger partial charge >= 0.3 is 5.97 Å². The summed E-state index contributed by atoms with van der Waals surface area (Å²) in [5.41, 5.74) is 0.391.